The lowest BCUT2D eigenvalue weighted by Crippen LogP contribution is -2.37. The normalized spacial score (nSPS) is 11.7. The molecule has 0 spiro atoms. The van der Waals surface area contributed by atoms with Crippen LogP contribution < -0.4 is 4.90 Å². The lowest BCUT2D eigenvalue weighted by atomic mass is 10.1. The van der Waals surface area contributed by atoms with Crippen LogP contribution in [-0.2, 0) is 20.7 Å². The van der Waals surface area contributed by atoms with Crippen LogP contribution in [0.1, 0.15) is 24.8 Å². The van der Waals surface area contributed by atoms with Gasteiger partial charge in [0.25, 0.3) is 5.91 Å². The Balaban J connectivity index is 1.51. The summed E-state index contributed by atoms with van der Waals surface area (Å²) < 4.78 is 10.9. The van der Waals surface area contributed by atoms with Gasteiger partial charge in [-0.2, -0.15) is 0 Å². The van der Waals surface area contributed by atoms with E-state index < -0.39 is 12.1 Å². The van der Waals surface area contributed by atoms with Crippen LogP contribution in [0.3, 0.4) is 0 Å². The number of nitrogens with zero attached hydrogens (tertiary/aromatic N) is 3. The molecule has 1 aromatic heterocycles. The molecule has 0 saturated heterocycles. The number of rotatable bonds is 7. The fourth-order valence-corrected chi connectivity index (χ4v) is 2.73. The van der Waals surface area contributed by atoms with E-state index in [0.29, 0.717) is 11.8 Å². The van der Waals surface area contributed by atoms with Crippen LogP contribution in [0.4, 0.5) is 5.69 Å². The summed E-state index contributed by atoms with van der Waals surface area (Å²) in [7, 11) is 1.65. The summed E-state index contributed by atoms with van der Waals surface area (Å²) in [4.78, 5) is 26.0. The second kappa shape index (κ2) is 9.14. The van der Waals surface area contributed by atoms with Crippen LogP contribution in [-0.4, -0.2) is 35.2 Å². The highest BCUT2D eigenvalue weighted by Gasteiger charge is 2.22. The minimum Gasteiger partial charge on any atom is -0.453 e. The monoisotopic (exact) mass is 393 g/mol. The van der Waals surface area contributed by atoms with Gasteiger partial charge in [0.15, 0.2) is 6.10 Å². The van der Waals surface area contributed by atoms with Crippen molar-refractivity contribution >= 4 is 17.6 Å². The molecular weight excluding hydrogens is 370 g/mol. The van der Waals surface area contributed by atoms with E-state index >= 15 is 0 Å². The lowest BCUT2D eigenvalue weighted by molar-refractivity contribution is -0.153. The van der Waals surface area contributed by atoms with E-state index in [9.17, 15) is 9.59 Å². The molecule has 0 saturated carbocycles. The van der Waals surface area contributed by atoms with Gasteiger partial charge in [-0.25, -0.2) is 0 Å². The van der Waals surface area contributed by atoms with Crippen molar-refractivity contribution in [3.05, 3.63) is 66.1 Å². The zero-order valence-corrected chi connectivity index (χ0v) is 16.7. The third-order valence-corrected chi connectivity index (χ3v) is 4.44. The molecule has 1 amide bonds. The average molecular weight is 393 g/mol. The molecular formula is C22H23N3O4. The molecule has 0 aliphatic rings. The first-order chi connectivity index (χ1) is 13.9. The van der Waals surface area contributed by atoms with Gasteiger partial charge in [0, 0.05) is 24.7 Å². The molecule has 29 heavy (non-hydrogen) atoms. The van der Waals surface area contributed by atoms with E-state index in [1.807, 2.05) is 61.5 Å². The molecule has 0 aliphatic carbocycles. The molecule has 0 unspecified atom stereocenters. The number of anilines is 1. The molecule has 1 heterocycles. The van der Waals surface area contributed by atoms with Crippen LogP contribution in [0.15, 0.2) is 59.0 Å². The van der Waals surface area contributed by atoms with Gasteiger partial charge in [-0.3, -0.25) is 9.59 Å². The number of aryl methyl sites for hydroxylation is 2. The third kappa shape index (κ3) is 5.28. The minimum absolute atomic E-state index is 0.0439. The molecule has 7 nitrogen and oxygen atoms in total. The number of hydrogen-bond donors (Lipinski definition) is 0. The number of carbonyl (C=O) groups is 2. The minimum atomic E-state index is -0.890. The Morgan fingerprint density at radius 2 is 1.76 bits per heavy atom. The molecule has 0 aliphatic heterocycles. The van der Waals surface area contributed by atoms with E-state index in [1.165, 1.54) is 4.90 Å². The molecule has 0 bridgehead atoms. The standard InChI is InChI=1S/C22H23N3O4/c1-15-9-11-17(12-10-15)21-24-23-19(29-21)13-14-20(26)28-16(2)22(27)25(3)18-7-5-4-6-8-18/h4-12,16H,13-14H2,1-3H3/t16-/m1/s1. The number of amides is 1. The highest BCUT2D eigenvalue weighted by molar-refractivity contribution is 5.96. The average Bonchev–Trinajstić information content (AvgIpc) is 3.21. The molecule has 0 N–H and O–H groups in total. The lowest BCUT2D eigenvalue weighted by Gasteiger charge is -2.21. The smallest absolute Gasteiger partial charge is 0.307 e. The first kappa shape index (κ1) is 20.3. The van der Waals surface area contributed by atoms with Crippen LogP contribution in [0.25, 0.3) is 11.5 Å². The van der Waals surface area contributed by atoms with Crippen LogP contribution >= 0.6 is 0 Å². The summed E-state index contributed by atoms with van der Waals surface area (Å²) in [5, 5.41) is 7.98. The van der Waals surface area contributed by atoms with Crippen LogP contribution in [0, 0.1) is 6.92 Å². The molecule has 3 aromatic rings. The van der Waals surface area contributed by atoms with Gasteiger partial charge in [-0.15, -0.1) is 10.2 Å². The van der Waals surface area contributed by atoms with Crippen molar-refractivity contribution in [2.24, 2.45) is 0 Å². The van der Waals surface area contributed by atoms with Crippen LogP contribution in [0.2, 0.25) is 0 Å². The number of likely N-dealkylation sites (N-methyl/N-ethyl adjacent to an activating group) is 1. The fraction of sp³-hybridized carbons (Fsp3) is 0.273. The molecule has 2 aromatic carbocycles. The first-order valence-electron chi connectivity index (χ1n) is 9.35. The summed E-state index contributed by atoms with van der Waals surface area (Å²) in [6, 6.07) is 16.9. The predicted molar refractivity (Wildman–Crippen MR) is 108 cm³/mol. The van der Waals surface area contributed by atoms with Gasteiger partial charge in [0.05, 0.1) is 6.42 Å². The van der Waals surface area contributed by atoms with Gasteiger partial charge in [0.2, 0.25) is 11.8 Å². The van der Waals surface area contributed by atoms with Crippen LogP contribution in [0.5, 0.6) is 0 Å². The Kier molecular flexibility index (Phi) is 6.39. The van der Waals surface area contributed by atoms with Crippen molar-refractivity contribution < 1.29 is 18.7 Å². The molecule has 3 rings (SSSR count). The fourth-order valence-electron chi connectivity index (χ4n) is 2.73. The Labute approximate surface area is 169 Å². The number of para-hydroxylation sites is 1. The Morgan fingerprint density at radius 3 is 2.45 bits per heavy atom. The van der Waals surface area contributed by atoms with Crippen molar-refractivity contribution in [3.8, 4) is 11.5 Å². The Bertz CT molecular complexity index is 967. The second-order valence-corrected chi connectivity index (χ2v) is 6.73. The summed E-state index contributed by atoms with van der Waals surface area (Å²) in [6.45, 7) is 3.56. The molecule has 150 valence electrons. The SMILES string of the molecule is Cc1ccc(-c2nnc(CCC(=O)O[C@H](C)C(=O)N(C)c3ccccc3)o2)cc1. The van der Waals surface area contributed by atoms with Crippen molar-refractivity contribution in [2.75, 3.05) is 11.9 Å². The van der Waals surface area contributed by atoms with Crippen molar-refractivity contribution in [1.29, 1.82) is 0 Å². The number of aromatic nitrogens is 2. The third-order valence-electron chi connectivity index (χ3n) is 4.44. The zero-order valence-electron chi connectivity index (χ0n) is 16.7. The Morgan fingerprint density at radius 1 is 1.07 bits per heavy atom. The van der Waals surface area contributed by atoms with Gasteiger partial charge in [0.1, 0.15) is 0 Å². The maximum atomic E-state index is 12.4. The van der Waals surface area contributed by atoms with E-state index in [-0.39, 0.29) is 18.7 Å². The molecule has 1 atom stereocenters. The summed E-state index contributed by atoms with van der Waals surface area (Å²) >= 11 is 0. The van der Waals surface area contributed by atoms with Gasteiger partial charge >= 0.3 is 5.97 Å². The van der Waals surface area contributed by atoms with E-state index in [2.05, 4.69) is 10.2 Å². The molecule has 0 radical (unpaired) electrons. The highest BCUT2D eigenvalue weighted by atomic mass is 16.5. The van der Waals surface area contributed by atoms with Crippen molar-refractivity contribution in [2.45, 2.75) is 32.8 Å². The number of benzene rings is 2. The van der Waals surface area contributed by atoms with Crippen molar-refractivity contribution in [3.63, 3.8) is 0 Å². The van der Waals surface area contributed by atoms with Gasteiger partial charge in [-0.1, -0.05) is 35.9 Å². The second-order valence-electron chi connectivity index (χ2n) is 6.73. The van der Waals surface area contributed by atoms with E-state index in [1.54, 1.807) is 14.0 Å². The summed E-state index contributed by atoms with van der Waals surface area (Å²) in [5.74, 6) is -0.0503. The predicted octanol–water partition coefficient (Wildman–Crippen LogP) is 3.57. The molecule has 0 fully saturated rings. The Hall–Kier alpha value is -3.48. The van der Waals surface area contributed by atoms with Gasteiger partial charge in [-0.05, 0) is 38.1 Å². The van der Waals surface area contributed by atoms with Crippen molar-refractivity contribution in [1.82, 2.24) is 10.2 Å². The number of ether oxygens (including phenoxy) is 1. The van der Waals surface area contributed by atoms with E-state index in [4.69, 9.17) is 9.15 Å². The maximum absolute atomic E-state index is 12.4. The quantitative estimate of drug-likeness (QED) is 0.571. The summed E-state index contributed by atoms with van der Waals surface area (Å²) in [6.07, 6.45) is -0.603. The maximum Gasteiger partial charge on any atom is 0.307 e. The first-order valence-corrected chi connectivity index (χ1v) is 9.35. The summed E-state index contributed by atoms with van der Waals surface area (Å²) in [5.41, 5.74) is 2.69. The molecule has 7 heteroatoms. The van der Waals surface area contributed by atoms with Gasteiger partial charge < -0.3 is 14.1 Å². The number of hydrogen-bond acceptors (Lipinski definition) is 6. The topological polar surface area (TPSA) is 85.5 Å². The highest BCUT2D eigenvalue weighted by Crippen LogP contribution is 2.19. The van der Waals surface area contributed by atoms with E-state index in [0.717, 1.165) is 16.8 Å². The number of carbonyl (C=O) groups excluding carboxylic acids is 2. The largest absolute Gasteiger partial charge is 0.453 e. The zero-order chi connectivity index (χ0) is 20.8. The number of esters is 1.